The molecule has 0 unspecified atom stereocenters. The number of thiazole rings is 1. The van der Waals surface area contributed by atoms with Crippen LogP contribution in [0.2, 0.25) is 10.0 Å². The highest BCUT2D eigenvalue weighted by Crippen LogP contribution is 2.39. The zero-order chi connectivity index (χ0) is 26.6. The predicted octanol–water partition coefficient (Wildman–Crippen LogP) is 9.93. The van der Waals surface area contributed by atoms with Crippen LogP contribution in [-0.4, -0.2) is 11.6 Å². The van der Waals surface area contributed by atoms with Gasteiger partial charge in [-0.05, 0) is 102 Å². The van der Waals surface area contributed by atoms with Gasteiger partial charge in [0.25, 0.3) is 0 Å². The first-order chi connectivity index (χ1) is 18.4. The average Bonchev–Trinajstić information content (AvgIpc) is 3.32. The number of rotatable bonds is 9. The van der Waals surface area contributed by atoms with Crippen molar-refractivity contribution < 1.29 is 9.47 Å². The van der Waals surface area contributed by atoms with Crippen LogP contribution in [0.5, 0.6) is 11.5 Å². The highest BCUT2D eigenvalue weighted by molar-refractivity contribution is 9.10. The van der Waals surface area contributed by atoms with Gasteiger partial charge in [-0.1, -0.05) is 35.3 Å². The molecule has 1 N–H and O–H groups in total. The van der Waals surface area contributed by atoms with Crippen LogP contribution >= 0.6 is 50.5 Å². The molecule has 1 aromatic heterocycles. The number of benzene rings is 4. The topological polar surface area (TPSA) is 43.4 Å². The van der Waals surface area contributed by atoms with Crippen molar-refractivity contribution in [1.29, 1.82) is 0 Å². The maximum Gasteiger partial charge on any atom is 0.175 e. The van der Waals surface area contributed by atoms with Crippen LogP contribution in [0.25, 0.3) is 20.8 Å². The Morgan fingerprint density at radius 1 is 0.947 bits per heavy atom. The molecule has 0 bridgehead atoms. The number of hydrogen-bond acceptors (Lipinski definition) is 5. The van der Waals surface area contributed by atoms with E-state index in [1.807, 2.05) is 25.1 Å². The average molecular weight is 628 g/mol. The van der Waals surface area contributed by atoms with Gasteiger partial charge in [-0.15, -0.1) is 11.3 Å². The van der Waals surface area contributed by atoms with Crippen molar-refractivity contribution in [3.63, 3.8) is 0 Å². The highest BCUT2D eigenvalue weighted by atomic mass is 79.9. The van der Waals surface area contributed by atoms with Gasteiger partial charge in [-0.2, -0.15) is 0 Å². The maximum absolute atomic E-state index is 6.31. The second kappa shape index (κ2) is 12.0. The molecular formula is C30H25BrCl2N2O2S. The Bertz CT molecular complexity index is 1570. The predicted molar refractivity (Wildman–Crippen MR) is 163 cm³/mol. The van der Waals surface area contributed by atoms with Gasteiger partial charge in [0.1, 0.15) is 11.6 Å². The fourth-order valence-electron chi connectivity index (χ4n) is 4.03. The molecule has 0 spiro atoms. The first-order valence-electron chi connectivity index (χ1n) is 12.1. The molecule has 5 aromatic rings. The zero-order valence-electron chi connectivity index (χ0n) is 20.9. The summed E-state index contributed by atoms with van der Waals surface area (Å²) in [4.78, 5) is 4.79. The van der Waals surface area contributed by atoms with Gasteiger partial charge in [0, 0.05) is 33.4 Å². The third kappa shape index (κ3) is 6.10. The van der Waals surface area contributed by atoms with Gasteiger partial charge in [0.2, 0.25) is 0 Å². The van der Waals surface area contributed by atoms with E-state index in [1.54, 1.807) is 23.5 Å². The van der Waals surface area contributed by atoms with Crippen LogP contribution < -0.4 is 14.8 Å². The van der Waals surface area contributed by atoms with Crippen LogP contribution in [0.1, 0.15) is 23.6 Å². The van der Waals surface area contributed by atoms with Crippen LogP contribution in [-0.2, 0) is 13.2 Å². The van der Waals surface area contributed by atoms with E-state index in [9.17, 15) is 0 Å². The molecule has 8 heteroatoms. The molecule has 38 heavy (non-hydrogen) atoms. The Kier molecular flexibility index (Phi) is 8.44. The van der Waals surface area contributed by atoms with Gasteiger partial charge < -0.3 is 14.8 Å². The Labute approximate surface area is 244 Å². The summed E-state index contributed by atoms with van der Waals surface area (Å²) in [6, 6.07) is 24.1. The largest absolute Gasteiger partial charge is 0.490 e. The summed E-state index contributed by atoms with van der Waals surface area (Å²) in [7, 11) is 0. The molecule has 0 saturated carbocycles. The van der Waals surface area contributed by atoms with Crippen molar-refractivity contribution in [3.05, 3.63) is 104 Å². The third-order valence-corrected chi connectivity index (χ3v) is 8.33. The Morgan fingerprint density at radius 2 is 1.71 bits per heavy atom. The molecule has 0 saturated heterocycles. The van der Waals surface area contributed by atoms with Crippen molar-refractivity contribution >= 4 is 66.4 Å². The van der Waals surface area contributed by atoms with Crippen molar-refractivity contribution in [1.82, 2.24) is 4.98 Å². The minimum atomic E-state index is 0.232. The van der Waals surface area contributed by atoms with E-state index in [2.05, 4.69) is 70.6 Å². The second-order valence-corrected chi connectivity index (χ2v) is 11.4. The lowest BCUT2D eigenvalue weighted by molar-refractivity contribution is 0.267. The number of anilines is 1. The number of halogens is 3. The van der Waals surface area contributed by atoms with Crippen LogP contribution in [0.4, 0.5) is 5.69 Å². The smallest absolute Gasteiger partial charge is 0.175 e. The first kappa shape index (κ1) is 26.8. The molecule has 1 heterocycles. The Hall–Kier alpha value is -2.77. The van der Waals surface area contributed by atoms with E-state index in [0.29, 0.717) is 34.7 Å². The van der Waals surface area contributed by atoms with Gasteiger partial charge in [-0.3, -0.25) is 0 Å². The summed E-state index contributed by atoms with van der Waals surface area (Å²) < 4.78 is 14.0. The SMILES string of the molecule is CCOc1cc(CNc2ccc(-c3nc4ccc(C)cc4s3)cc2)cc(Br)c1OCc1c(Cl)cccc1Cl. The van der Waals surface area contributed by atoms with Gasteiger partial charge >= 0.3 is 0 Å². The first-order valence-corrected chi connectivity index (χ1v) is 14.5. The molecule has 0 aliphatic heterocycles. The van der Waals surface area contributed by atoms with Crippen molar-refractivity contribution in [2.75, 3.05) is 11.9 Å². The molecular weight excluding hydrogens is 603 g/mol. The van der Waals surface area contributed by atoms with E-state index < -0.39 is 0 Å². The summed E-state index contributed by atoms with van der Waals surface area (Å²) in [5.41, 5.74) is 6.20. The highest BCUT2D eigenvalue weighted by Gasteiger charge is 2.15. The summed E-state index contributed by atoms with van der Waals surface area (Å²) >= 11 is 18.0. The molecule has 0 aliphatic carbocycles. The van der Waals surface area contributed by atoms with E-state index in [4.69, 9.17) is 37.7 Å². The fraction of sp³-hybridized carbons (Fsp3) is 0.167. The standard InChI is InChI=1S/C30H25BrCl2N2O2S/c1-3-36-27-15-19(14-23(31)29(27)37-17-22-24(32)5-4-6-25(22)33)16-34-21-10-8-20(9-11-21)30-35-26-12-7-18(2)13-28(26)38-30/h4-15,34H,3,16-17H2,1-2H3. The fourth-order valence-corrected chi connectivity index (χ4v) is 6.21. The van der Waals surface area contributed by atoms with E-state index in [0.717, 1.165) is 37.4 Å². The molecule has 5 rings (SSSR count). The van der Waals surface area contributed by atoms with Crippen molar-refractivity contribution in [2.45, 2.75) is 27.0 Å². The monoisotopic (exact) mass is 626 g/mol. The van der Waals surface area contributed by atoms with Crippen LogP contribution in [0.3, 0.4) is 0 Å². The van der Waals surface area contributed by atoms with Gasteiger partial charge in [0.15, 0.2) is 11.5 Å². The lowest BCUT2D eigenvalue weighted by atomic mass is 10.1. The number of nitrogens with one attached hydrogen (secondary N) is 1. The number of ether oxygens (including phenoxy) is 2. The second-order valence-electron chi connectivity index (χ2n) is 8.75. The maximum atomic E-state index is 6.31. The normalized spacial score (nSPS) is 11.1. The summed E-state index contributed by atoms with van der Waals surface area (Å²) in [6.45, 7) is 5.41. The van der Waals surface area contributed by atoms with Crippen molar-refractivity contribution in [3.8, 4) is 22.1 Å². The number of aryl methyl sites for hydroxylation is 1. The Morgan fingerprint density at radius 3 is 2.45 bits per heavy atom. The molecule has 0 radical (unpaired) electrons. The summed E-state index contributed by atoms with van der Waals surface area (Å²) in [5, 5.41) is 5.65. The van der Waals surface area contributed by atoms with Crippen LogP contribution in [0.15, 0.2) is 77.3 Å². The number of hydrogen-bond donors (Lipinski definition) is 1. The summed E-state index contributed by atoms with van der Waals surface area (Å²) in [5.74, 6) is 1.27. The van der Waals surface area contributed by atoms with Gasteiger partial charge in [0.05, 0.1) is 21.3 Å². The number of aromatic nitrogens is 1. The number of nitrogens with zero attached hydrogens (tertiary/aromatic N) is 1. The zero-order valence-corrected chi connectivity index (χ0v) is 24.8. The molecule has 0 atom stereocenters. The minimum absolute atomic E-state index is 0.232. The van der Waals surface area contributed by atoms with E-state index >= 15 is 0 Å². The Balaban J connectivity index is 1.28. The molecule has 194 valence electrons. The summed E-state index contributed by atoms with van der Waals surface area (Å²) in [6.07, 6.45) is 0. The molecule has 0 amide bonds. The van der Waals surface area contributed by atoms with E-state index in [1.165, 1.54) is 10.3 Å². The third-order valence-electron chi connectivity index (χ3n) is 5.96. The van der Waals surface area contributed by atoms with Gasteiger partial charge in [-0.25, -0.2) is 4.98 Å². The minimum Gasteiger partial charge on any atom is -0.490 e. The number of fused-ring (bicyclic) bond motifs is 1. The molecule has 0 aliphatic rings. The lowest BCUT2D eigenvalue weighted by Crippen LogP contribution is -2.04. The molecule has 4 aromatic carbocycles. The van der Waals surface area contributed by atoms with Crippen molar-refractivity contribution in [2.24, 2.45) is 0 Å². The van der Waals surface area contributed by atoms with Crippen LogP contribution in [0, 0.1) is 6.92 Å². The quantitative estimate of drug-likeness (QED) is 0.177. The lowest BCUT2D eigenvalue weighted by Gasteiger charge is -2.17. The molecule has 4 nitrogen and oxygen atoms in total. The van der Waals surface area contributed by atoms with E-state index in [-0.39, 0.29) is 6.61 Å². The molecule has 0 fully saturated rings.